The van der Waals surface area contributed by atoms with Crippen molar-refractivity contribution in [2.45, 2.75) is 95.6 Å². The van der Waals surface area contributed by atoms with Crippen molar-refractivity contribution in [2.75, 3.05) is 53.2 Å². The zero-order chi connectivity index (χ0) is 44.6. The van der Waals surface area contributed by atoms with Crippen LogP contribution in [0.4, 0.5) is 35.9 Å². The highest BCUT2D eigenvalue weighted by atomic mass is 35.5. The van der Waals surface area contributed by atoms with Gasteiger partial charge in [0.15, 0.2) is 11.2 Å². The summed E-state index contributed by atoms with van der Waals surface area (Å²) in [5, 5.41) is 17.9. The number of hydrogen-bond donors (Lipinski definition) is 4. The first-order valence-electron chi connectivity index (χ1n) is 19.9. The molecule has 4 atom stereocenters. The maximum atomic E-state index is 13.8. The van der Waals surface area contributed by atoms with Gasteiger partial charge in [0.2, 0.25) is 17.7 Å². The van der Waals surface area contributed by atoms with E-state index < -0.39 is 46.3 Å². The molecule has 0 aliphatic carbocycles. The highest BCUT2D eigenvalue weighted by Gasteiger charge is 2.52. The zero-order valence-electron chi connectivity index (χ0n) is 34.6. The topological polar surface area (TPSA) is 163 Å². The van der Waals surface area contributed by atoms with E-state index in [4.69, 9.17) is 29.0 Å². The van der Waals surface area contributed by atoms with Crippen LogP contribution in [0.25, 0.3) is 0 Å². The minimum absolute atomic E-state index is 0.0108. The van der Waals surface area contributed by atoms with E-state index in [1.165, 1.54) is 6.07 Å². The second-order valence-electron chi connectivity index (χ2n) is 16.4. The molecule has 0 spiro atoms. The molecule has 14 nitrogen and oxygen atoms in total. The number of piperazine rings is 1. The molecule has 2 aromatic carbocycles. The molecule has 3 aliphatic heterocycles. The van der Waals surface area contributed by atoms with Crippen LogP contribution in [-0.4, -0.2) is 100 Å². The Balaban J connectivity index is 1.05. The minimum Gasteiger partial charge on any atom is -0.492 e. The standard InChI is InChI=1S/C42H49ClF3N9O5S/c1-23(2)31-16-29(55-40(61)54(39(59)41(55,5)6)30-17-32(42(44,45)46)34(18-47)48-19-30)7-9-35(31)60-12-11-52-20-25(4)53(21-24(52)3)22-37(57)50-28-14-26(43)13-27(15-28)49-33-8-10-36(56)51-38(33)58/h7,9,13-17,19,23-25,33,40,49,61H,8,10-12,20-22H2,1-6H3,(H,50,57)(H,51,56,58)/t24-,25-,33?,40+/m1/s1. The number of nitrogens with one attached hydrogen (secondary N) is 3. The third-order valence-electron chi connectivity index (χ3n) is 11.3. The predicted molar refractivity (Wildman–Crippen MR) is 229 cm³/mol. The number of nitriles is 1. The second kappa shape index (κ2) is 18.1. The lowest BCUT2D eigenvalue weighted by molar-refractivity contribution is -0.138. The molecule has 3 saturated heterocycles. The number of aromatic nitrogens is 1. The van der Waals surface area contributed by atoms with Crippen LogP contribution in [0.5, 0.6) is 5.75 Å². The van der Waals surface area contributed by atoms with Crippen LogP contribution in [-0.2, 0) is 25.4 Å². The fraction of sp³-hybridized carbons (Fsp3) is 0.476. The number of carbonyl (C=O) groups excluding carboxylic acids is 4. The van der Waals surface area contributed by atoms with Crippen molar-refractivity contribution in [2.24, 2.45) is 0 Å². The lowest BCUT2D eigenvalue weighted by Gasteiger charge is -2.43. The molecule has 3 fully saturated rings. The number of nitrogens with zero attached hydrogens (tertiary/aromatic N) is 6. The van der Waals surface area contributed by atoms with Crippen molar-refractivity contribution in [1.82, 2.24) is 20.1 Å². The average molecular weight is 884 g/mol. The molecule has 4 amide bonds. The lowest BCUT2D eigenvalue weighted by Crippen LogP contribution is -2.58. The molecular weight excluding hydrogens is 835 g/mol. The van der Waals surface area contributed by atoms with Crippen LogP contribution in [0.3, 0.4) is 0 Å². The fourth-order valence-electron chi connectivity index (χ4n) is 8.01. The summed E-state index contributed by atoms with van der Waals surface area (Å²) in [4.78, 5) is 61.8. The minimum atomic E-state index is -4.85. The van der Waals surface area contributed by atoms with Gasteiger partial charge in [0.05, 0.1) is 24.0 Å². The number of anilines is 4. The molecule has 326 valence electrons. The number of alkyl halides is 3. The zero-order valence-corrected chi connectivity index (χ0v) is 36.3. The number of carbonyl (C=O) groups is 4. The van der Waals surface area contributed by atoms with Gasteiger partial charge in [-0.15, -0.1) is 12.6 Å². The van der Waals surface area contributed by atoms with Crippen LogP contribution in [0, 0.1) is 11.3 Å². The number of hydrogen-bond acceptors (Lipinski definition) is 12. The first-order valence-corrected chi connectivity index (χ1v) is 20.8. The fourth-order valence-corrected chi connectivity index (χ4v) is 8.90. The first-order chi connectivity index (χ1) is 28.7. The van der Waals surface area contributed by atoms with Crippen molar-refractivity contribution in [3.8, 4) is 11.8 Å². The SMILES string of the molecule is CC(C)c1cc(N2[C@@H](S)N(c3cnc(C#N)c(C(F)(F)F)c3)C(=O)C2(C)C)ccc1OCCN1C[C@@H](C)N(CC(=O)Nc2cc(Cl)cc(NC3CCC(=O)NC3=O)c2)C[C@H]1C. The number of pyridine rings is 1. The third-order valence-corrected chi connectivity index (χ3v) is 11.9. The van der Waals surface area contributed by atoms with Crippen LogP contribution in [0.1, 0.15) is 77.1 Å². The number of piperidine rings is 1. The van der Waals surface area contributed by atoms with Gasteiger partial charge in [-0.3, -0.25) is 39.2 Å². The average Bonchev–Trinajstić information content (AvgIpc) is 3.35. The Morgan fingerprint density at radius 3 is 2.43 bits per heavy atom. The van der Waals surface area contributed by atoms with E-state index in [0.29, 0.717) is 60.5 Å². The molecule has 0 saturated carbocycles. The number of imide groups is 1. The molecule has 4 heterocycles. The summed E-state index contributed by atoms with van der Waals surface area (Å²) in [7, 11) is 0. The predicted octanol–water partition coefficient (Wildman–Crippen LogP) is 6.22. The molecule has 61 heavy (non-hydrogen) atoms. The van der Waals surface area contributed by atoms with Crippen molar-refractivity contribution in [1.29, 1.82) is 5.26 Å². The van der Waals surface area contributed by atoms with Crippen molar-refractivity contribution in [3.63, 3.8) is 0 Å². The quantitative estimate of drug-likeness (QED) is 0.121. The number of thiol groups is 1. The molecular formula is C42H49ClF3N9O5S. The summed E-state index contributed by atoms with van der Waals surface area (Å²) < 4.78 is 47.8. The van der Waals surface area contributed by atoms with E-state index in [1.807, 2.05) is 26.0 Å². The Labute approximate surface area is 363 Å². The summed E-state index contributed by atoms with van der Waals surface area (Å²) in [6, 6.07) is 12.3. The summed E-state index contributed by atoms with van der Waals surface area (Å²) in [6.45, 7) is 14.0. The third kappa shape index (κ3) is 10.0. The number of amides is 4. The van der Waals surface area contributed by atoms with E-state index in [-0.39, 0.29) is 48.5 Å². The highest BCUT2D eigenvalue weighted by molar-refractivity contribution is 7.81. The molecule has 6 rings (SSSR count). The van der Waals surface area contributed by atoms with E-state index in [0.717, 1.165) is 22.7 Å². The smallest absolute Gasteiger partial charge is 0.419 e. The van der Waals surface area contributed by atoms with Crippen LogP contribution >= 0.6 is 24.2 Å². The van der Waals surface area contributed by atoms with Crippen molar-refractivity contribution in [3.05, 3.63) is 70.5 Å². The Kier molecular flexibility index (Phi) is 13.5. The van der Waals surface area contributed by atoms with E-state index in [2.05, 4.69) is 44.6 Å². The second-order valence-corrected chi connectivity index (χ2v) is 17.3. The maximum absolute atomic E-state index is 13.8. The summed E-state index contributed by atoms with van der Waals surface area (Å²) in [5.74, 6) is -0.749. The Bertz CT molecular complexity index is 2240. The van der Waals surface area contributed by atoms with Crippen molar-refractivity contribution < 1.29 is 37.1 Å². The van der Waals surface area contributed by atoms with Gasteiger partial charge in [-0.1, -0.05) is 25.4 Å². The highest BCUT2D eigenvalue weighted by Crippen LogP contribution is 2.43. The Morgan fingerprint density at radius 2 is 1.75 bits per heavy atom. The van der Waals surface area contributed by atoms with Gasteiger partial charge in [0.25, 0.3) is 5.91 Å². The van der Waals surface area contributed by atoms with Crippen LogP contribution < -0.4 is 30.5 Å². The Morgan fingerprint density at radius 1 is 1.07 bits per heavy atom. The van der Waals surface area contributed by atoms with Gasteiger partial charge in [-0.05, 0) is 88.1 Å². The van der Waals surface area contributed by atoms with Gasteiger partial charge in [0, 0.05) is 60.2 Å². The largest absolute Gasteiger partial charge is 0.492 e. The Hall–Kier alpha value is -5.09. The molecule has 3 aromatic rings. The van der Waals surface area contributed by atoms with Gasteiger partial charge in [-0.2, -0.15) is 18.4 Å². The summed E-state index contributed by atoms with van der Waals surface area (Å²) >= 11 is 11.1. The van der Waals surface area contributed by atoms with Crippen molar-refractivity contribution >= 4 is 70.6 Å². The van der Waals surface area contributed by atoms with Gasteiger partial charge in [-0.25, -0.2) is 4.98 Å². The van der Waals surface area contributed by atoms with E-state index in [1.54, 1.807) is 43.0 Å². The normalized spacial score (nSPS) is 22.3. The molecule has 1 unspecified atom stereocenters. The number of ether oxygens (including phenoxy) is 1. The molecule has 19 heteroatoms. The van der Waals surface area contributed by atoms with Gasteiger partial charge in [0.1, 0.15) is 30.0 Å². The molecule has 3 N–H and O–H groups in total. The van der Waals surface area contributed by atoms with Gasteiger partial charge >= 0.3 is 6.18 Å². The maximum Gasteiger partial charge on any atom is 0.419 e. The number of rotatable bonds is 12. The van der Waals surface area contributed by atoms with Crippen LogP contribution in [0.2, 0.25) is 5.02 Å². The number of halogens is 4. The molecule has 1 aromatic heterocycles. The first kappa shape index (κ1) is 45.4. The molecule has 0 radical (unpaired) electrons. The lowest BCUT2D eigenvalue weighted by atomic mass is 9.98. The van der Waals surface area contributed by atoms with Crippen LogP contribution in [0.15, 0.2) is 48.7 Å². The monoisotopic (exact) mass is 883 g/mol. The molecule has 3 aliphatic rings. The summed E-state index contributed by atoms with van der Waals surface area (Å²) in [6.07, 6.45) is -3.20. The van der Waals surface area contributed by atoms with Gasteiger partial charge < -0.3 is 20.3 Å². The number of benzene rings is 2. The molecule has 0 bridgehead atoms. The summed E-state index contributed by atoms with van der Waals surface area (Å²) in [5.41, 5.74) is -1.82. The van der Waals surface area contributed by atoms with E-state index in [9.17, 15) is 37.6 Å². The van der Waals surface area contributed by atoms with E-state index >= 15 is 0 Å².